The first kappa shape index (κ1) is 24.1. The van der Waals surface area contributed by atoms with E-state index in [1.54, 1.807) is 7.11 Å². The summed E-state index contributed by atoms with van der Waals surface area (Å²) in [5.41, 5.74) is 4.00. The van der Waals surface area contributed by atoms with Crippen LogP contribution in [0.5, 0.6) is 17.4 Å². The Morgan fingerprint density at radius 3 is 2.25 bits per heavy atom. The minimum absolute atomic E-state index is 0.448. The molecule has 0 spiro atoms. The van der Waals surface area contributed by atoms with Gasteiger partial charge in [0.15, 0.2) is 11.5 Å². The highest BCUT2D eigenvalue weighted by atomic mass is 16.5. The summed E-state index contributed by atoms with van der Waals surface area (Å²) in [6.45, 7) is 3.28. The lowest BCUT2D eigenvalue weighted by molar-refractivity contribution is 0.103. The van der Waals surface area contributed by atoms with Gasteiger partial charge in [-0.15, -0.1) is 0 Å². The smallest absolute Gasteiger partial charge is 0.227 e. The summed E-state index contributed by atoms with van der Waals surface area (Å²) in [5, 5.41) is 15.8. The maximum Gasteiger partial charge on any atom is 0.227 e. The SMILES string of the molecule is COc1ccccc1Oc1c(CN(C[C@H](O)Cc2ccccc2)C2CC2)c(C)nn1-c1ccccc1. The fourth-order valence-electron chi connectivity index (χ4n) is 4.58. The van der Waals surface area contributed by atoms with Crippen molar-refractivity contribution in [2.45, 2.75) is 44.9 Å². The Morgan fingerprint density at radius 1 is 0.944 bits per heavy atom. The Bertz CT molecular complexity index is 1270. The molecule has 0 radical (unpaired) electrons. The van der Waals surface area contributed by atoms with E-state index in [4.69, 9.17) is 14.6 Å². The van der Waals surface area contributed by atoms with E-state index >= 15 is 0 Å². The van der Waals surface area contributed by atoms with Gasteiger partial charge in [-0.3, -0.25) is 4.90 Å². The van der Waals surface area contributed by atoms with Gasteiger partial charge in [0.05, 0.1) is 30.2 Å². The molecular weight excluding hydrogens is 450 g/mol. The summed E-state index contributed by atoms with van der Waals surface area (Å²) in [6, 6.07) is 28.3. The molecule has 1 atom stereocenters. The van der Waals surface area contributed by atoms with Crippen LogP contribution < -0.4 is 9.47 Å². The van der Waals surface area contributed by atoms with Gasteiger partial charge in [-0.2, -0.15) is 5.10 Å². The third-order valence-corrected chi connectivity index (χ3v) is 6.60. The molecule has 1 aromatic heterocycles. The molecule has 0 unspecified atom stereocenters. The van der Waals surface area contributed by atoms with E-state index in [1.807, 2.05) is 84.4 Å². The second-order valence-electron chi connectivity index (χ2n) is 9.37. The Labute approximate surface area is 212 Å². The highest BCUT2D eigenvalue weighted by Gasteiger charge is 2.32. The van der Waals surface area contributed by atoms with Gasteiger partial charge in [0, 0.05) is 19.1 Å². The lowest BCUT2D eigenvalue weighted by Crippen LogP contribution is -2.35. The summed E-state index contributed by atoms with van der Waals surface area (Å²) < 4.78 is 13.9. The van der Waals surface area contributed by atoms with Crippen molar-refractivity contribution in [2.24, 2.45) is 0 Å². The van der Waals surface area contributed by atoms with E-state index in [0.29, 0.717) is 42.9 Å². The van der Waals surface area contributed by atoms with Gasteiger partial charge >= 0.3 is 0 Å². The second kappa shape index (κ2) is 11.0. The van der Waals surface area contributed by atoms with Crippen molar-refractivity contribution >= 4 is 0 Å². The highest BCUT2D eigenvalue weighted by Crippen LogP contribution is 2.37. The molecule has 186 valence electrons. The zero-order valence-electron chi connectivity index (χ0n) is 20.9. The van der Waals surface area contributed by atoms with E-state index in [2.05, 4.69) is 17.0 Å². The van der Waals surface area contributed by atoms with Crippen LogP contribution in [-0.2, 0) is 13.0 Å². The lowest BCUT2D eigenvalue weighted by Gasteiger charge is -2.25. The fourth-order valence-corrected chi connectivity index (χ4v) is 4.58. The van der Waals surface area contributed by atoms with Gasteiger partial charge in [-0.1, -0.05) is 60.7 Å². The minimum atomic E-state index is -0.448. The summed E-state index contributed by atoms with van der Waals surface area (Å²) in [5.74, 6) is 1.98. The first-order valence-electron chi connectivity index (χ1n) is 12.5. The second-order valence-corrected chi connectivity index (χ2v) is 9.37. The molecule has 1 fully saturated rings. The third kappa shape index (κ3) is 5.61. The number of aryl methyl sites for hydroxylation is 1. The molecule has 1 N–H and O–H groups in total. The minimum Gasteiger partial charge on any atom is -0.493 e. The van der Waals surface area contributed by atoms with Gasteiger partial charge in [-0.25, -0.2) is 4.68 Å². The van der Waals surface area contributed by atoms with E-state index in [0.717, 1.165) is 35.3 Å². The van der Waals surface area contributed by atoms with Gasteiger partial charge < -0.3 is 14.6 Å². The van der Waals surface area contributed by atoms with E-state index < -0.39 is 6.10 Å². The molecule has 0 bridgehead atoms. The number of methoxy groups -OCH3 is 1. The molecule has 6 heteroatoms. The number of benzene rings is 3. The van der Waals surface area contributed by atoms with Crippen molar-refractivity contribution < 1.29 is 14.6 Å². The number of rotatable bonds is 11. The van der Waals surface area contributed by atoms with Crippen molar-refractivity contribution in [3.63, 3.8) is 0 Å². The Hall–Kier alpha value is -3.61. The summed E-state index contributed by atoms with van der Waals surface area (Å²) >= 11 is 0. The normalized spacial score (nSPS) is 14.1. The number of aliphatic hydroxyl groups excluding tert-OH is 1. The molecule has 0 aliphatic heterocycles. The zero-order chi connectivity index (χ0) is 24.9. The van der Waals surface area contributed by atoms with Gasteiger partial charge in [0.25, 0.3) is 0 Å². The molecule has 1 aliphatic rings. The van der Waals surface area contributed by atoms with Gasteiger partial charge in [-0.05, 0) is 56.0 Å². The molecule has 1 heterocycles. The number of hydrogen-bond donors (Lipinski definition) is 1. The molecule has 36 heavy (non-hydrogen) atoms. The fraction of sp³-hybridized carbons (Fsp3) is 0.300. The molecule has 1 saturated carbocycles. The third-order valence-electron chi connectivity index (χ3n) is 6.60. The van der Waals surface area contributed by atoms with Crippen LogP contribution in [0.4, 0.5) is 0 Å². The van der Waals surface area contributed by atoms with Crippen LogP contribution in [0.25, 0.3) is 5.69 Å². The van der Waals surface area contributed by atoms with E-state index in [-0.39, 0.29) is 0 Å². The molecule has 0 amide bonds. The standard InChI is InChI=1S/C30H33N3O3/c1-22-27(21-32(24-17-18-24)20-26(34)19-23-11-5-3-6-12-23)30(33(31-22)25-13-7-4-8-14-25)36-29-16-10-9-15-28(29)35-2/h3-16,24,26,34H,17-21H2,1-2H3/t26-/m1/s1. The van der Waals surface area contributed by atoms with Crippen LogP contribution in [0.2, 0.25) is 0 Å². The Morgan fingerprint density at radius 2 is 1.58 bits per heavy atom. The van der Waals surface area contributed by atoms with Crippen LogP contribution in [0.1, 0.15) is 29.7 Å². The maximum atomic E-state index is 10.9. The largest absolute Gasteiger partial charge is 0.493 e. The topological polar surface area (TPSA) is 59.8 Å². The lowest BCUT2D eigenvalue weighted by atomic mass is 10.1. The summed E-state index contributed by atoms with van der Waals surface area (Å²) in [7, 11) is 1.64. The van der Waals surface area contributed by atoms with Crippen LogP contribution >= 0.6 is 0 Å². The first-order valence-corrected chi connectivity index (χ1v) is 12.5. The number of nitrogens with zero attached hydrogens (tertiary/aromatic N) is 3. The average molecular weight is 484 g/mol. The maximum absolute atomic E-state index is 10.9. The van der Waals surface area contributed by atoms with Crippen LogP contribution in [0, 0.1) is 6.92 Å². The number of aliphatic hydroxyl groups is 1. The average Bonchev–Trinajstić information content (AvgIpc) is 3.71. The van der Waals surface area contributed by atoms with Crippen molar-refractivity contribution in [1.82, 2.24) is 14.7 Å². The molecule has 4 aromatic rings. The number of ether oxygens (including phenoxy) is 2. The molecule has 0 saturated heterocycles. The van der Waals surface area contributed by atoms with Crippen LogP contribution in [-0.4, -0.2) is 45.6 Å². The van der Waals surface area contributed by atoms with Crippen LogP contribution in [0.3, 0.4) is 0 Å². The van der Waals surface area contributed by atoms with Crippen molar-refractivity contribution in [3.05, 3.63) is 102 Å². The Kier molecular flexibility index (Phi) is 7.35. The van der Waals surface area contributed by atoms with E-state index in [9.17, 15) is 5.11 Å². The number of aromatic nitrogens is 2. The highest BCUT2D eigenvalue weighted by molar-refractivity contribution is 5.47. The van der Waals surface area contributed by atoms with Crippen molar-refractivity contribution in [3.8, 4) is 23.1 Å². The molecule has 6 nitrogen and oxygen atoms in total. The number of hydrogen-bond acceptors (Lipinski definition) is 5. The molecule has 1 aliphatic carbocycles. The predicted octanol–water partition coefficient (Wildman–Crippen LogP) is 5.55. The predicted molar refractivity (Wildman–Crippen MR) is 141 cm³/mol. The first-order chi connectivity index (χ1) is 17.6. The monoisotopic (exact) mass is 483 g/mol. The number of para-hydroxylation sites is 3. The van der Waals surface area contributed by atoms with Crippen molar-refractivity contribution in [1.29, 1.82) is 0 Å². The van der Waals surface area contributed by atoms with Crippen molar-refractivity contribution in [2.75, 3.05) is 13.7 Å². The molecule has 5 rings (SSSR count). The van der Waals surface area contributed by atoms with Crippen LogP contribution in [0.15, 0.2) is 84.9 Å². The quantitative estimate of drug-likeness (QED) is 0.303. The zero-order valence-corrected chi connectivity index (χ0v) is 20.9. The van der Waals surface area contributed by atoms with Gasteiger partial charge in [0.2, 0.25) is 5.88 Å². The summed E-state index contributed by atoms with van der Waals surface area (Å²) in [6.07, 6.45) is 2.48. The van der Waals surface area contributed by atoms with Gasteiger partial charge in [0.1, 0.15) is 0 Å². The molecular formula is C30H33N3O3. The van der Waals surface area contributed by atoms with E-state index in [1.165, 1.54) is 0 Å². The Balaban J connectivity index is 1.45. The summed E-state index contributed by atoms with van der Waals surface area (Å²) in [4.78, 5) is 2.38. The molecule has 3 aromatic carbocycles.